The zero-order valence-electron chi connectivity index (χ0n) is 28.3. The van der Waals surface area contributed by atoms with Gasteiger partial charge in [0.15, 0.2) is 0 Å². The van der Waals surface area contributed by atoms with Crippen LogP contribution >= 0.6 is 0 Å². The molecule has 0 radical (unpaired) electrons. The second-order valence-electron chi connectivity index (χ2n) is 14.2. The Bertz CT molecular complexity index is 1940. The number of allylic oxidation sites excluding steroid dienone is 4. The lowest BCUT2D eigenvalue weighted by atomic mass is 9.68. The molecule has 5 aromatic rings. The summed E-state index contributed by atoms with van der Waals surface area (Å²) in [6, 6.07) is 46.2. The van der Waals surface area contributed by atoms with Gasteiger partial charge in [-0.05, 0) is 40.5 Å². The molecule has 2 fully saturated rings. The molecule has 0 unspecified atom stereocenters. The predicted octanol–water partition coefficient (Wildman–Crippen LogP) is 8.17. The molecule has 0 aromatic heterocycles. The van der Waals surface area contributed by atoms with Gasteiger partial charge in [-0.3, -0.25) is 19.2 Å². The van der Waals surface area contributed by atoms with E-state index in [0.29, 0.717) is 11.4 Å². The Hall–Kier alpha value is -6.14. The van der Waals surface area contributed by atoms with E-state index in [2.05, 4.69) is 24.3 Å². The summed E-state index contributed by atoms with van der Waals surface area (Å²) in [5.74, 6) is -4.70. The van der Waals surface area contributed by atoms with Gasteiger partial charge in [0.1, 0.15) is 0 Å². The number of imide groups is 2. The third-order valence-electron chi connectivity index (χ3n) is 11.5. The molecule has 6 heteroatoms. The van der Waals surface area contributed by atoms with Gasteiger partial charge in [0, 0.05) is 23.7 Å². The highest BCUT2D eigenvalue weighted by Crippen LogP contribution is 2.52. The SMILES string of the molecule is O=C1[C@@H]2[C@H](C(=O)N1c1cccc(N3C(=O)[C@H]4[C@H](C3=O)[C@@H](c3ccccc3)C=C[C@@H]4c3ccccc3)c1)[C@H](c1ccccc1)C=C[C@@H]2c1ccccc1. The fourth-order valence-corrected chi connectivity index (χ4v) is 9.15. The lowest BCUT2D eigenvalue weighted by molar-refractivity contribution is -0.124. The van der Waals surface area contributed by atoms with Crippen molar-refractivity contribution in [3.8, 4) is 0 Å². The first-order valence-electron chi connectivity index (χ1n) is 17.9. The minimum atomic E-state index is -0.615. The summed E-state index contributed by atoms with van der Waals surface area (Å²) in [4.78, 5) is 60.9. The Labute approximate surface area is 302 Å². The summed E-state index contributed by atoms with van der Waals surface area (Å²) >= 11 is 0. The van der Waals surface area contributed by atoms with Gasteiger partial charge in [-0.2, -0.15) is 0 Å². The molecule has 6 nitrogen and oxygen atoms in total. The van der Waals surface area contributed by atoms with Crippen molar-refractivity contribution in [1.29, 1.82) is 0 Å². The number of benzene rings is 5. The summed E-state index contributed by atoms with van der Waals surface area (Å²) < 4.78 is 0. The van der Waals surface area contributed by atoms with Crippen LogP contribution in [0.4, 0.5) is 11.4 Å². The molecule has 0 bridgehead atoms. The van der Waals surface area contributed by atoms with Crippen LogP contribution in [0.2, 0.25) is 0 Å². The Morgan fingerprint density at radius 3 is 0.808 bits per heavy atom. The second-order valence-corrected chi connectivity index (χ2v) is 14.2. The number of nitrogens with zero attached hydrogens (tertiary/aromatic N) is 2. The number of carbonyl (C=O) groups excluding carboxylic acids is 4. The average molecular weight is 681 g/mol. The number of hydrogen-bond donors (Lipinski definition) is 0. The standard InChI is InChI=1S/C46H36N2O4/c49-43-39-35(29-14-5-1-6-15-29)24-25-36(30-16-7-2-8-17-30)40(39)44(50)47(43)33-22-13-23-34(28-33)48-45(51)41-37(31-18-9-3-10-19-31)26-27-38(42(41)46(48)52)32-20-11-4-12-21-32/h1-28,35-42H/t35-,36-,37-,38+,39-,40-,41+,42-/m1/s1. The summed E-state index contributed by atoms with van der Waals surface area (Å²) in [7, 11) is 0. The fourth-order valence-electron chi connectivity index (χ4n) is 9.15. The van der Waals surface area contributed by atoms with Crippen LogP contribution in [0, 0.1) is 23.7 Å². The van der Waals surface area contributed by atoms with Gasteiger partial charge in [-0.1, -0.05) is 152 Å². The summed E-state index contributed by atoms with van der Waals surface area (Å²) in [5.41, 5.74) is 4.61. The fraction of sp³-hybridized carbons (Fsp3) is 0.174. The average Bonchev–Trinajstić information content (AvgIpc) is 3.63. The molecular weight excluding hydrogens is 645 g/mol. The smallest absolute Gasteiger partial charge is 0.238 e. The molecule has 4 aliphatic rings. The van der Waals surface area contributed by atoms with Crippen molar-refractivity contribution in [2.75, 3.05) is 9.80 Å². The molecule has 9 rings (SSSR count). The molecule has 8 atom stereocenters. The molecule has 52 heavy (non-hydrogen) atoms. The van der Waals surface area contributed by atoms with Crippen molar-refractivity contribution >= 4 is 35.0 Å². The second kappa shape index (κ2) is 12.9. The van der Waals surface area contributed by atoms with Crippen LogP contribution in [-0.4, -0.2) is 23.6 Å². The van der Waals surface area contributed by atoms with Crippen molar-refractivity contribution in [2.24, 2.45) is 23.7 Å². The van der Waals surface area contributed by atoms with Gasteiger partial charge < -0.3 is 0 Å². The van der Waals surface area contributed by atoms with Gasteiger partial charge in [-0.15, -0.1) is 0 Å². The van der Waals surface area contributed by atoms with Gasteiger partial charge in [0.05, 0.1) is 35.0 Å². The van der Waals surface area contributed by atoms with E-state index in [1.807, 2.05) is 121 Å². The number of fused-ring (bicyclic) bond motifs is 2. The van der Waals surface area contributed by atoms with Gasteiger partial charge >= 0.3 is 0 Å². The first-order valence-corrected chi connectivity index (χ1v) is 17.9. The number of anilines is 2. The van der Waals surface area contributed by atoms with Crippen LogP contribution in [0.25, 0.3) is 0 Å². The van der Waals surface area contributed by atoms with E-state index in [1.165, 1.54) is 9.80 Å². The first kappa shape index (κ1) is 31.8. The van der Waals surface area contributed by atoms with Crippen molar-refractivity contribution in [1.82, 2.24) is 0 Å². The third kappa shape index (κ3) is 5.09. The summed E-state index contributed by atoms with van der Waals surface area (Å²) in [6.45, 7) is 0. The zero-order valence-corrected chi connectivity index (χ0v) is 28.3. The summed E-state index contributed by atoms with van der Waals surface area (Å²) in [5, 5.41) is 0. The first-order chi connectivity index (χ1) is 25.5. The van der Waals surface area contributed by atoms with Crippen LogP contribution in [-0.2, 0) is 19.2 Å². The largest absolute Gasteiger partial charge is 0.274 e. The van der Waals surface area contributed by atoms with Crippen LogP contribution in [0.15, 0.2) is 170 Å². The molecule has 0 spiro atoms. The maximum atomic E-state index is 14.6. The molecule has 254 valence electrons. The molecule has 0 N–H and O–H groups in total. The third-order valence-corrected chi connectivity index (χ3v) is 11.5. The highest BCUT2D eigenvalue weighted by Gasteiger charge is 2.57. The van der Waals surface area contributed by atoms with Gasteiger partial charge in [-0.25, -0.2) is 9.80 Å². The summed E-state index contributed by atoms with van der Waals surface area (Å²) in [6.07, 6.45) is 8.29. The number of rotatable bonds is 6. The van der Waals surface area contributed by atoms with Crippen molar-refractivity contribution < 1.29 is 19.2 Å². The van der Waals surface area contributed by atoms with Crippen LogP contribution in [0.1, 0.15) is 45.9 Å². The van der Waals surface area contributed by atoms with E-state index in [4.69, 9.17) is 0 Å². The van der Waals surface area contributed by atoms with Gasteiger partial charge in [0.2, 0.25) is 23.6 Å². The molecular formula is C46H36N2O4. The van der Waals surface area contributed by atoms with Crippen molar-refractivity contribution in [3.63, 3.8) is 0 Å². The van der Waals surface area contributed by atoms with Crippen molar-refractivity contribution in [2.45, 2.75) is 23.7 Å². The Kier molecular flexibility index (Phi) is 7.88. The zero-order chi connectivity index (χ0) is 35.3. The Morgan fingerprint density at radius 1 is 0.308 bits per heavy atom. The maximum Gasteiger partial charge on any atom is 0.238 e. The molecule has 0 saturated carbocycles. The van der Waals surface area contributed by atoms with Crippen LogP contribution in [0.5, 0.6) is 0 Å². The lowest BCUT2D eigenvalue weighted by Gasteiger charge is -2.32. The highest BCUT2D eigenvalue weighted by atomic mass is 16.2. The van der Waals surface area contributed by atoms with Crippen LogP contribution in [0.3, 0.4) is 0 Å². The van der Waals surface area contributed by atoms with E-state index in [-0.39, 0.29) is 47.3 Å². The predicted molar refractivity (Wildman–Crippen MR) is 200 cm³/mol. The minimum absolute atomic E-state index is 0.280. The van der Waals surface area contributed by atoms with E-state index >= 15 is 0 Å². The number of hydrogen-bond acceptors (Lipinski definition) is 4. The Morgan fingerprint density at radius 2 is 0.558 bits per heavy atom. The monoisotopic (exact) mass is 680 g/mol. The maximum absolute atomic E-state index is 14.6. The molecule has 2 aliphatic carbocycles. The van der Waals surface area contributed by atoms with E-state index in [9.17, 15) is 19.2 Å². The van der Waals surface area contributed by atoms with Crippen LogP contribution < -0.4 is 9.80 Å². The van der Waals surface area contributed by atoms with E-state index in [1.54, 1.807) is 24.3 Å². The molecule has 2 aliphatic heterocycles. The molecule has 2 heterocycles. The topological polar surface area (TPSA) is 74.8 Å². The quantitative estimate of drug-likeness (QED) is 0.134. The highest BCUT2D eigenvalue weighted by molar-refractivity contribution is 6.25. The Balaban J connectivity index is 1.10. The number of carbonyl (C=O) groups is 4. The van der Waals surface area contributed by atoms with E-state index < -0.39 is 23.7 Å². The molecule has 5 aromatic carbocycles. The minimum Gasteiger partial charge on any atom is -0.274 e. The van der Waals surface area contributed by atoms with E-state index in [0.717, 1.165) is 22.3 Å². The molecule has 2 saturated heterocycles. The number of amides is 4. The van der Waals surface area contributed by atoms with Gasteiger partial charge in [0.25, 0.3) is 0 Å². The normalized spacial score (nSPS) is 27.9. The molecule has 4 amide bonds. The van der Waals surface area contributed by atoms with Crippen molar-refractivity contribution in [3.05, 3.63) is 192 Å². The lowest BCUT2D eigenvalue weighted by Crippen LogP contribution is -2.33.